The maximum absolute atomic E-state index is 11.8. The summed E-state index contributed by atoms with van der Waals surface area (Å²) in [5.74, 6) is 0. The molecule has 0 atom stereocenters. The molecule has 3 rings (SSSR count). The van der Waals surface area contributed by atoms with Crippen molar-refractivity contribution in [3.63, 3.8) is 0 Å². The molecule has 0 fully saturated rings. The first-order valence-electron chi connectivity index (χ1n) is 7.22. The van der Waals surface area contributed by atoms with Crippen LogP contribution >= 0.6 is 11.3 Å². The molecule has 3 aromatic rings. The monoisotopic (exact) mass is 327 g/mol. The van der Waals surface area contributed by atoms with Gasteiger partial charge in [0.15, 0.2) is 0 Å². The molecular weight excluding hydrogens is 310 g/mol. The second-order valence-corrected chi connectivity index (χ2v) is 6.09. The highest BCUT2D eigenvalue weighted by Crippen LogP contribution is 2.08. The third kappa shape index (κ3) is 4.17. The van der Waals surface area contributed by atoms with Gasteiger partial charge < -0.3 is 10.6 Å². The van der Waals surface area contributed by atoms with E-state index in [0.29, 0.717) is 13.1 Å². The molecule has 23 heavy (non-hydrogen) atoms. The van der Waals surface area contributed by atoms with Crippen LogP contribution in [-0.4, -0.2) is 20.8 Å². The molecule has 0 aliphatic carbocycles. The minimum atomic E-state index is -0.219. The van der Waals surface area contributed by atoms with Crippen LogP contribution < -0.4 is 10.6 Å². The molecule has 0 spiro atoms. The minimum absolute atomic E-state index is 0.219. The fourth-order valence-corrected chi connectivity index (χ4v) is 2.69. The number of nitrogens with one attached hydrogen (secondary N) is 2. The van der Waals surface area contributed by atoms with Gasteiger partial charge in [-0.2, -0.15) is 5.10 Å². The standard InChI is InChI=1S/C16H17N5OS/c1-12-20-14(11-23-12)9-18-16(22)17-7-13-8-19-21(10-13)15-5-3-2-4-6-15/h2-6,8,10-11H,7,9H2,1H3,(H2,17,18,22). The normalized spacial score (nSPS) is 10.5. The van der Waals surface area contributed by atoms with Crippen molar-refractivity contribution in [3.05, 3.63) is 64.4 Å². The van der Waals surface area contributed by atoms with Crippen LogP contribution in [0.5, 0.6) is 0 Å². The number of nitrogens with zero attached hydrogens (tertiary/aromatic N) is 3. The summed E-state index contributed by atoms with van der Waals surface area (Å²) in [6, 6.07) is 9.62. The first-order valence-corrected chi connectivity index (χ1v) is 8.10. The lowest BCUT2D eigenvalue weighted by Crippen LogP contribution is -2.34. The second-order valence-electron chi connectivity index (χ2n) is 5.02. The van der Waals surface area contributed by atoms with Gasteiger partial charge in [-0.05, 0) is 19.1 Å². The highest BCUT2D eigenvalue weighted by atomic mass is 32.1. The van der Waals surface area contributed by atoms with Gasteiger partial charge in [-0.25, -0.2) is 14.5 Å². The van der Waals surface area contributed by atoms with Crippen molar-refractivity contribution in [1.29, 1.82) is 0 Å². The van der Waals surface area contributed by atoms with Crippen molar-refractivity contribution in [2.75, 3.05) is 0 Å². The summed E-state index contributed by atoms with van der Waals surface area (Å²) >= 11 is 1.57. The molecule has 1 aromatic carbocycles. The Morgan fingerprint density at radius 3 is 2.74 bits per heavy atom. The van der Waals surface area contributed by atoms with Gasteiger partial charge in [-0.3, -0.25) is 0 Å². The number of aromatic nitrogens is 3. The number of benzene rings is 1. The highest BCUT2D eigenvalue weighted by molar-refractivity contribution is 7.09. The van der Waals surface area contributed by atoms with Gasteiger partial charge in [0, 0.05) is 23.7 Å². The van der Waals surface area contributed by atoms with E-state index in [1.165, 1.54) is 0 Å². The number of para-hydroxylation sites is 1. The quantitative estimate of drug-likeness (QED) is 0.757. The molecule has 0 aliphatic heterocycles. The maximum Gasteiger partial charge on any atom is 0.315 e. The van der Waals surface area contributed by atoms with Crippen LogP contribution in [0.3, 0.4) is 0 Å². The molecule has 0 unspecified atom stereocenters. The van der Waals surface area contributed by atoms with Crippen LogP contribution in [0, 0.1) is 6.92 Å². The topological polar surface area (TPSA) is 71.8 Å². The van der Waals surface area contributed by atoms with E-state index in [2.05, 4.69) is 20.7 Å². The number of urea groups is 1. The Bertz CT molecular complexity index is 781. The lowest BCUT2D eigenvalue weighted by atomic mass is 10.3. The molecule has 6 nitrogen and oxygen atoms in total. The Morgan fingerprint density at radius 2 is 2.00 bits per heavy atom. The molecular formula is C16H17N5OS. The lowest BCUT2D eigenvalue weighted by Gasteiger charge is -2.05. The van der Waals surface area contributed by atoms with E-state index in [0.717, 1.165) is 22.0 Å². The molecule has 7 heteroatoms. The molecule has 118 valence electrons. The fraction of sp³-hybridized carbons (Fsp3) is 0.188. The number of aryl methyl sites for hydroxylation is 1. The van der Waals surface area contributed by atoms with Crippen LogP contribution in [0.25, 0.3) is 5.69 Å². The number of hydrogen-bond acceptors (Lipinski definition) is 4. The summed E-state index contributed by atoms with van der Waals surface area (Å²) in [6.07, 6.45) is 3.65. The fourth-order valence-electron chi connectivity index (χ4n) is 2.08. The predicted octanol–water partition coefficient (Wildman–Crippen LogP) is 2.64. The molecule has 0 saturated carbocycles. The van der Waals surface area contributed by atoms with Crippen LogP contribution in [0.2, 0.25) is 0 Å². The first kappa shape index (κ1) is 15.2. The summed E-state index contributed by atoms with van der Waals surface area (Å²) < 4.78 is 1.78. The minimum Gasteiger partial charge on any atom is -0.334 e. The Balaban J connectivity index is 1.48. The van der Waals surface area contributed by atoms with E-state index in [1.54, 1.807) is 22.2 Å². The van der Waals surface area contributed by atoms with Gasteiger partial charge in [-0.1, -0.05) is 18.2 Å². The average Bonchev–Trinajstić information content (AvgIpc) is 3.21. The molecule has 0 radical (unpaired) electrons. The third-order valence-electron chi connectivity index (χ3n) is 3.21. The van der Waals surface area contributed by atoms with Crippen LogP contribution in [-0.2, 0) is 13.1 Å². The Hall–Kier alpha value is -2.67. The van der Waals surface area contributed by atoms with E-state index in [-0.39, 0.29) is 6.03 Å². The number of rotatable bonds is 5. The Morgan fingerprint density at radius 1 is 1.22 bits per heavy atom. The molecule has 2 heterocycles. The molecule has 0 saturated heterocycles. The zero-order chi connectivity index (χ0) is 16.1. The van der Waals surface area contributed by atoms with Gasteiger partial charge in [0.25, 0.3) is 0 Å². The van der Waals surface area contributed by atoms with Crippen LogP contribution in [0.1, 0.15) is 16.3 Å². The van der Waals surface area contributed by atoms with Gasteiger partial charge in [0.05, 0.1) is 29.1 Å². The van der Waals surface area contributed by atoms with Gasteiger partial charge >= 0.3 is 6.03 Å². The Kier molecular flexibility index (Phi) is 4.68. The highest BCUT2D eigenvalue weighted by Gasteiger charge is 2.05. The summed E-state index contributed by atoms with van der Waals surface area (Å²) in [5.41, 5.74) is 2.80. The van der Waals surface area contributed by atoms with Crippen molar-refractivity contribution < 1.29 is 4.79 Å². The van der Waals surface area contributed by atoms with Crippen LogP contribution in [0.15, 0.2) is 48.1 Å². The third-order valence-corrected chi connectivity index (χ3v) is 4.03. The summed E-state index contributed by atoms with van der Waals surface area (Å²) in [5, 5.41) is 12.8. The second kappa shape index (κ2) is 7.06. The maximum atomic E-state index is 11.8. The van der Waals surface area contributed by atoms with E-state index in [9.17, 15) is 4.79 Å². The summed E-state index contributed by atoms with van der Waals surface area (Å²) in [6.45, 7) is 2.80. The number of hydrogen-bond donors (Lipinski definition) is 2. The molecule has 2 amide bonds. The van der Waals surface area contributed by atoms with E-state index >= 15 is 0 Å². The zero-order valence-corrected chi connectivity index (χ0v) is 13.5. The van der Waals surface area contributed by atoms with Crippen LogP contribution in [0.4, 0.5) is 4.79 Å². The number of carbonyl (C=O) groups excluding carboxylic acids is 1. The van der Waals surface area contributed by atoms with E-state index in [4.69, 9.17) is 0 Å². The predicted molar refractivity (Wildman–Crippen MR) is 89.5 cm³/mol. The summed E-state index contributed by atoms with van der Waals surface area (Å²) in [4.78, 5) is 16.1. The van der Waals surface area contributed by atoms with E-state index < -0.39 is 0 Å². The lowest BCUT2D eigenvalue weighted by molar-refractivity contribution is 0.240. The SMILES string of the molecule is Cc1nc(CNC(=O)NCc2cnn(-c3ccccc3)c2)cs1. The number of amides is 2. The smallest absolute Gasteiger partial charge is 0.315 e. The van der Waals surface area contributed by atoms with Gasteiger partial charge in [0.2, 0.25) is 0 Å². The molecule has 0 bridgehead atoms. The molecule has 0 aliphatic rings. The first-order chi connectivity index (χ1) is 11.2. The average molecular weight is 327 g/mol. The largest absolute Gasteiger partial charge is 0.334 e. The van der Waals surface area contributed by atoms with Gasteiger partial charge in [-0.15, -0.1) is 11.3 Å². The summed E-state index contributed by atoms with van der Waals surface area (Å²) in [7, 11) is 0. The van der Waals surface area contributed by atoms with Crippen molar-refractivity contribution >= 4 is 17.4 Å². The van der Waals surface area contributed by atoms with Gasteiger partial charge in [0.1, 0.15) is 0 Å². The van der Waals surface area contributed by atoms with Crippen molar-refractivity contribution in [2.24, 2.45) is 0 Å². The zero-order valence-electron chi connectivity index (χ0n) is 12.7. The van der Waals surface area contributed by atoms with Crippen molar-refractivity contribution in [1.82, 2.24) is 25.4 Å². The molecule has 2 N–H and O–H groups in total. The number of thiazole rings is 1. The van der Waals surface area contributed by atoms with E-state index in [1.807, 2.05) is 48.8 Å². The Labute approximate surface area is 138 Å². The van der Waals surface area contributed by atoms with Crippen molar-refractivity contribution in [2.45, 2.75) is 20.0 Å². The van der Waals surface area contributed by atoms with Crippen molar-refractivity contribution in [3.8, 4) is 5.69 Å². The number of carbonyl (C=O) groups is 1. The molecule has 2 aromatic heterocycles.